The van der Waals surface area contributed by atoms with Crippen LogP contribution in [0.5, 0.6) is 0 Å². The topological polar surface area (TPSA) is 89.7 Å². The monoisotopic (exact) mass is 482 g/mol. The van der Waals surface area contributed by atoms with E-state index in [2.05, 4.69) is 80.7 Å². The molecule has 5 rings (SSSR count). The van der Waals surface area contributed by atoms with Crippen LogP contribution in [0.15, 0.2) is 60.9 Å². The summed E-state index contributed by atoms with van der Waals surface area (Å²) in [6.07, 6.45) is 7.56. The van der Waals surface area contributed by atoms with Crippen molar-refractivity contribution in [1.82, 2.24) is 30.2 Å². The van der Waals surface area contributed by atoms with E-state index in [4.69, 9.17) is 0 Å². The van der Waals surface area contributed by atoms with Gasteiger partial charge in [-0.15, -0.1) is 0 Å². The lowest BCUT2D eigenvalue weighted by atomic mass is 10.0. The quantitative estimate of drug-likeness (QED) is 0.285. The van der Waals surface area contributed by atoms with Crippen molar-refractivity contribution in [2.45, 2.75) is 52.1 Å². The molecular formula is C29H34N6O. The Hall–Kier alpha value is -3.71. The van der Waals surface area contributed by atoms with Gasteiger partial charge in [0.05, 0.1) is 36.4 Å². The molecule has 1 unspecified atom stereocenters. The molecule has 0 saturated carbocycles. The molecule has 1 amide bonds. The smallest absolute Gasteiger partial charge is 0.222 e. The predicted octanol–water partition coefficient (Wildman–Crippen LogP) is 5.71. The molecule has 36 heavy (non-hydrogen) atoms. The van der Waals surface area contributed by atoms with Crippen LogP contribution in [-0.2, 0) is 11.3 Å². The van der Waals surface area contributed by atoms with Gasteiger partial charge in [-0.25, -0.2) is 9.97 Å². The third-order valence-corrected chi connectivity index (χ3v) is 6.83. The number of aromatic amines is 2. The van der Waals surface area contributed by atoms with E-state index in [1.54, 1.807) is 0 Å². The highest BCUT2D eigenvalue weighted by Gasteiger charge is 2.19. The highest BCUT2D eigenvalue weighted by atomic mass is 16.2. The summed E-state index contributed by atoms with van der Waals surface area (Å²) in [6, 6.07) is 17.4. The molecule has 186 valence electrons. The average molecular weight is 483 g/mol. The zero-order valence-electron chi connectivity index (χ0n) is 21.1. The Morgan fingerprint density at radius 2 is 1.50 bits per heavy atom. The Bertz CT molecular complexity index is 1280. The molecule has 1 saturated heterocycles. The number of nitrogens with one attached hydrogen (secondary N) is 3. The fraction of sp³-hybridized carbons (Fsp3) is 0.345. The van der Waals surface area contributed by atoms with E-state index < -0.39 is 0 Å². The number of benzene rings is 2. The van der Waals surface area contributed by atoms with Crippen molar-refractivity contribution in [3.63, 3.8) is 0 Å². The minimum absolute atomic E-state index is 0.156. The largest absolute Gasteiger partial charge is 0.341 e. The third-order valence-electron chi connectivity index (χ3n) is 6.83. The first-order chi connectivity index (χ1) is 17.6. The Morgan fingerprint density at radius 1 is 0.889 bits per heavy atom. The van der Waals surface area contributed by atoms with Crippen LogP contribution >= 0.6 is 0 Å². The zero-order chi connectivity index (χ0) is 24.9. The molecule has 7 heteroatoms. The molecule has 1 atom stereocenters. The summed E-state index contributed by atoms with van der Waals surface area (Å²) in [5.41, 5.74) is 6.54. The SMILES string of the molecule is CCCN(Cc1ncc(-c2ccc(-c3ccc(-c4cnc(C5CCCN5)[nH]4)cc3)cc2)[nH]1)C(=O)CC. The van der Waals surface area contributed by atoms with Gasteiger partial charge in [-0.3, -0.25) is 4.79 Å². The molecule has 4 aromatic rings. The fourth-order valence-electron chi connectivity index (χ4n) is 4.82. The van der Waals surface area contributed by atoms with Crippen molar-refractivity contribution in [3.8, 4) is 33.6 Å². The normalized spacial score (nSPS) is 15.3. The van der Waals surface area contributed by atoms with Crippen molar-refractivity contribution < 1.29 is 4.79 Å². The Labute approximate surface area is 212 Å². The minimum atomic E-state index is 0.156. The third kappa shape index (κ3) is 5.26. The first-order valence-electron chi connectivity index (χ1n) is 13.0. The van der Waals surface area contributed by atoms with E-state index in [9.17, 15) is 4.79 Å². The molecule has 0 aliphatic carbocycles. The molecule has 2 aromatic carbocycles. The highest BCUT2D eigenvalue weighted by molar-refractivity contribution is 5.75. The fourth-order valence-corrected chi connectivity index (χ4v) is 4.82. The second kappa shape index (κ2) is 10.9. The number of hydrogen-bond donors (Lipinski definition) is 3. The summed E-state index contributed by atoms with van der Waals surface area (Å²) in [6.45, 7) is 6.30. The summed E-state index contributed by atoms with van der Waals surface area (Å²) in [5, 5.41) is 3.49. The molecule has 1 fully saturated rings. The zero-order valence-corrected chi connectivity index (χ0v) is 21.1. The van der Waals surface area contributed by atoms with Crippen molar-refractivity contribution in [2.75, 3.05) is 13.1 Å². The van der Waals surface area contributed by atoms with E-state index in [1.165, 1.54) is 12.0 Å². The summed E-state index contributed by atoms with van der Waals surface area (Å²) in [7, 11) is 0. The number of H-pyrrole nitrogens is 2. The summed E-state index contributed by atoms with van der Waals surface area (Å²) < 4.78 is 0. The highest BCUT2D eigenvalue weighted by Crippen LogP contribution is 2.28. The van der Waals surface area contributed by atoms with Crippen LogP contribution in [-0.4, -0.2) is 43.8 Å². The van der Waals surface area contributed by atoms with E-state index in [1.807, 2.05) is 24.2 Å². The Morgan fingerprint density at radius 3 is 2.08 bits per heavy atom. The molecule has 0 spiro atoms. The number of carbonyl (C=O) groups excluding carboxylic acids is 1. The first-order valence-corrected chi connectivity index (χ1v) is 13.0. The maximum absolute atomic E-state index is 12.2. The molecule has 0 bridgehead atoms. The molecule has 1 aliphatic rings. The molecular weight excluding hydrogens is 448 g/mol. The van der Waals surface area contributed by atoms with Crippen LogP contribution in [0.1, 0.15) is 57.2 Å². The van der Waals surface area contributed by atoms with Crippen LogP contribution in [0.2, 0.25) is 0 Å². The summed E-state index contributed by atoms with van der Waals surface area (Å²) in [5.74, 6) is 1.99. The van der Waals surface area contributed by atoms with Gasteiger partial charge in [0.1, 0.15) is 11.6 Å². The summed E-state index contributed by atoms with van der Waals surface area (Å²) >= 11 is 0. The number of imidazole rings is 2. The standard InChI is InChI=1S/C29H34N6O/c1-3-16-35(28(36)4-2)19-27-31-17-25(33-27)22-11-7-20(8-12-22)21-9-13-23(14-10-21)26-18-32-29(34-26)24-6-5-15-30-24/h7-14,17-18,24,30H,3-6,15-16,19H2,1-2H3,(H,31,33)(H,32,34). The van der Waals surface area contributed by atoms with E-state index in [0.29, 0.717) is 19.0 Å². The van der Waals surface area contributed by atoms with E-state index in [-0.39, 0.29) is 5.91 Å². The number of amides is 1. The van der Waals surface area contributed by atoms with Gasteiger partial charge in [0, 0.05) is 13.0 Å². The number of aromatic nitrogens is 4. The van der Waals surface area contributed by atoms with Gasteiger partial charge in [0.25, 0.3) is 0 Å². The van der Waals surface area contributed by atoms with Gasteiger partial charge < -0.3 is 20.2 Å². The van der Waals surface area contributed by atoms with Gasteiger partial charge >= 0.3 is 0 Å². The van der Waals surface area contributed by atoms with Gasteiger partial charge in [-0.05, 0) is 48.1 Å². The van der Waals surface area contributed by atoms with E-state index in [0.717, 1.165) is 65.7 Å². The van der Waals surface area contributed by atoms with Crippen LogP contribution in [0.4, 0.5) is 0 Å². The lowest BCUT2D eigenvalue weighted by Gasteiger charge is -2.20. The number of nitrogens with zero attached hydrogens (tertiary/aromatic N) is 3. The van der Waals surface area contributed by atoms with Crippen molar-refractivity contribution >= 4 is 5.91 Å². The average Bonchev–Trinajstić information content (AvgIpc) is 3.70. The van der Waals surface area contributed by atoms with Crippen LogP contribution < -0.4 is 5.32 Å². The molecule has 3 heterocycles. The summed E-state index contributed by atoms with van der Waals surface area (Å²) in [4.78, 5) is 30.0. The maximum atomic E-state index is 12.2. The van der Waals surface area contributed by atoms with Gasteiger partial charge in [0.15, 0.2) is 0 Å². The van der Waals surface area contributed by atoms with Crippen molar-refractivity contribution in [2.24, 2.45) is 0 Å². The number of rotatable bonds is 9. The Balaban J connectivity index is 1.25. The predicted molar refractivity (Wildman–Crippen MR) is 143 cm³/mol. The molecule has 2 aromatic heterocycles. The van der Waals surface area contributed by atoms with Crippen molar-refractivity contribution in [1.29, 1.82) is 0 Å². The van der Waals surface area contributed by atoms with Gasteiger partial charge in [0.2, 0.25) is 5.91 Å². The molecule has 1 aliphatic heterocycles. The lowest BCUT2D eigenvalue weighted by Crippen LogP contribution is -2.31. The van der Waals surface area contributed by atoms with Crippen LogP contribution in [0.3, 0.4) is 0 Å². The van der Waals surface area contributed by atoms with Crippen LogP contribution in [0, 0.1) is 0 Å². The second-order valence-electron chi connectivity index (χ2n) is 9.40. The minimum Gasteiger partial charge on any atom is -0.341 e. The van der Waals surface area contributed by atoms with E-state index >= 15 is 0 Å². The molecule has 3 N–H and O–H groups in total. The number of hydrogen-bond acceptors (Lipinski definition) is 4. The van der Waals surface area contributed by atoms with Crippen molar-refractivity contribution in [3.05, 3.63) is 72.6 Å². The Kier molecular flexibility index (Phi) is 7.28. The molecule has 0 radical (unpaired) electrons. The second-order valence-corrected chi connectivity index (χ2v) is 9.40. The van der Waals surface area contributed by atoms with Crippen LogP contribution in [0.25, 0.3) is 33.6 Å². The number of carbonyl (C=O) groups is 1. The lowest BCUT2D eigenvalue weighted by molar-refractivity contribution is -0.131. The molecule has 7 nitrogen and oxygen atoms in total. The van der Waals surface area contributed by atoms with Gasteiger partial charge in [-0.2, -0.15) is 0 Å². The maximum Gasteiger partial charge on any atom is 0.222 e. The van der Waals surface area contributed by atoms with Gasteiger partial charge in [-0.1, -0.05) is 62.4 Å². The first kappa shape index (κ1) is 24.0.